The molecule has 3 heterocycles. The number of anilines is 1. The summed E-state index contributed by atoms with van der Waals surface area (Å²) in [5.74, 6) is 6.36. The van der Waals surface area contributed by atoms with Gasteiger partial charge in [-0.3, -0.25) is 4.98 Å². The summed E-state index contributed by atoms with van der Waals surface area (Å²) < 4.78 is 7.76. The van der Waals surface area contributed by atoms with Crippen LogP contribution in [0.5, 0.6) is 0 Å². The second-order valence-electron chi connectivity index (χ2n) is 8.73. The van der Waals surface area contributed by atoms with Crippen LogP contribution in [0.1, 0.15) is 38.3 Å². The highest BCUT2D eigenvalue weighted by atomic mass is 16.5. The molecule has 1 aliphatic rings. The molecule has 0 saturated carbocycles. The Morgan fingerprint density at radius 2 is 2.10 bits per heavy atom. The SMILES string of the molecule is CCc1cc(C#CCNc2ccccc2)cnc1-c1cn(CC2CC(C)(C)CO2)nn1. The van der Waals surface area contributed by atoms with E-state index in [1.165, 1.54) is 0 Å². The lowest BCUT2D eigenvalue weighted by Gasteiger charge is -2.13. The average Bonchev–Trinajstić information content (AvgIpc) is 3.37. The van der Waals surface area contributed by atoms with Crippen molar-refractivity contribution >= 4 is 5.69 Å². The van der Waals surface area contributed by atoms with E-state index in [0.717, 1.165) is 54.2 Å². The number of aryl methyl sites for hydroxylation is 1. The van der Waals surface area contributed by atoms with Gasteiger partial charge < -0.3 is 10.1 Å². The van der Waals surface area contributed by atoms with Crippen LogP contribution in [0.3, 0.4) is 0 Å². The van der Waals surface area contributed by atoms with E-state index in [-0.39, 0.29) is 11.5 Å². The van der Waals surface area contributed by atoms with Crippen LogP contribution in [0, 0.1) is 17.3 Å². The topological polar surface area (TPSA) is 64.9 Å². The second-order valence-corrected chi connectivity index (χ2v) is 8.73. The minimum Gasteiger partial charge on any atom is -0.376 e. The van der Waals surface area contributed by atoms with Gasteiger partial charge in [0.25, 0.3) is 0 Å². The molecule has 160 valence electrons. The molecule has 1 N–H and O–H groups in total. The van der Waals surface area contributed by atoms with Gasteiger partial charge in [-0.2, -0.15) is 0 Å². The highest BCUT2D eigenvalue weighted by molar-refractivity contribution is 5.59. The quantitative estimate of drug-likeness (QED) is 0.612. The van der Waals surface area contributed by atoms with Crippen LogP contribution in [-0.4, -0.2) is 39.2 Å². The summed E-state index contributed by atoms with van der Waals surface area (Å²) in [4.78, 5) is 4.65. The van der Waals surface area contributed by atoms with E-state index >= 15 is 0 Å². The molecule has 1 atom stereocenters. The molecule has 0 spiro atoms. The predicted molar refractivity (Wildman–Crippen MR) is 123 cm³/mol. The Bertz CT molecular complexity index is 1080. The number of pyridine rings is 1. The van der Waals surface area contributed by atoms with E-state index < -0.39 is 0 Å². The molecule has 1 fully saturated rings. The molecule has 0 bridgehead atoms. The highest BCUT2D eigenvalue weighted by Crippen LogP contribution is 2.32. The van der Waals surface area contributed by atoms with Crippen LogP contribution >= 0.6 is 0 Å². The zero-order chi connectivity index (χ0) is 21.7. The van der Waals surface area contributed by atoms with Crippen molar-refractivity contribution in [3.05, 3.63) is 59.9 Å². The van der Waals surface area contributed by atoms with Gasteiger partial charge in [0.05, 0.1) is 37.7 Å². The first-order valence-corrected chi connectivity index (χ1v) is 10.8. The van der Waals surface area contributed by atoms with Crippen molar-refractivity contribution in [3.63, 3.8) is 0 Å². The van der Waals surface area contributed by atoms with Crippen LogP contribution in [0.25, 0.3) is 11.4 Å². The molecule has 0 amide bonds. The smallest absolute Gasteiger partial charge is 0.131 e. The van der Waals surface area contributed by atoms with Crippen molar-refractivity contribution in [2.45, 2.75) is 46.3 Å². The fraction of sp³-hybridized carbons (Fsp3) is 0.400. The van der Waals surface area contributed by atoms with E-state index in [2.05, 4.69) is 59.3 Å². The van der Waals surface area contributed by atoms with Crippen LogP contribution in [0.15, 0.2) is 48.8 Å². The molecule has 6 nitrogen and oxygen atoms in total. The van der Waals surface area contributed by atoms with E-state index in [0.29, 0.717) is 6.54 Å². The van der Waals surface area contributed by atoms with Crippen molar-refractivity contribution in [1.29, 1.82) is 0 Å². The fourth-order valence-electron chi connectivity index (χ4n) is 3.83. The minimum atomic E-state index is 0.185. The summed E-state index contributed by atoms with van der Waals surface area (Å²) in [5.41, 5.74) is 4.99. The molecule has 6 heteroatoms. The maximum absolute atomic E-state index is 5.90. The summed E-state index contributed by atoms with van der Waals surface area (Å²) in [5, 5.41) is 12.0. The van der Waals surface area contributed by atoms with Gasteiger partial charge in [0.1, 0.15) is 5.69 Å². The van der Waals surface area contributed by atoms with E-state index in [4.69, 9.17) is 4.74 Å². The van der Waals surface area contributed by atoms with Crippen LogP contribution in [0.2, 0.25) is 0 Å². The third-order valence-electron chi connectivity index (χ3n) is 5.40. The Morgan fingerprint density at radius 3 is 2.84 bits per heavy atom. The Kier molecular flexibility index (Phi) is 6.34. The number of hydrogen-bond acceptors (Lipinski definition) is 5. The van der Waals surface area contributed by atoms with Gasteiger partial charge in [-0.05, 0) is 42.0 Å². The molecule has 4 rings (SSSR count). The number of ether oxygens (including phenoxy) is 1. The molecule has 1 aliphatic heterocycles. The molecule has 1 saturated heterocycles. The zero-order valence-electron chi connectivity index (χ0n) is 18.4. The largest absolute Gasteiger partial charge is 0.376 e. The number of nitrogens with one attached hydrogen (secondary N) is 1. The van der Waals surface area contributed by atoms with Gasteiger partial charge in [0, 0.05) is 17.4 Å². The van der Waals surface area contributed by atoms with Crippen molar-refractivity contribution in [1.82, 2.24) is 20.0 Å². The Labute approximate surface area is 184 Å². The highest BCUT2D eigenvalue weighted by Gasteiger charge is 2.32. The first-order chi connectivity index (χ1) is 15.0. The van der Waals surface area contributed by atoms with E-state index in [9.17, 15) is 0 Å². The molecular formula is C25H29N5O. The van der Waals surface area contributed by atoms with Crippen molar-refractivity contribution < 1.29 is 4.74 Å². The van der Waals surface area contributed by atoms with Gasteiger partial charge in [0.15, 0.2) is 0 Å². The third-order valence-corrected chi connectivity index (χ3v) is 5.40. The number of aromatic nitrogens is 4. The van der Waals surface area contributed by atoms with Gasteiger partial charge in [-0.1, -0.05) is 56.0 Å². The number of para-hydroxylation sites is 1. The fourth-order valence-corrected chi connectivity index (χ4v) is 3.83. The summed E-state index contributed by atoms with van der Waals surface area (Å²) >= 11 is 0. The summed E-state index contributed by atoms with van der Waals surface area (Å²) in [6, 6.07) is 12.2. The lowest BCUT2D eigenvalue weighted by Crippen LogP contribution is -2.16. The molecule has 1 aromatic carbocycles. The van der Waals surface area contributed by atoms with Gasteiger partial charge in [-0.25, -0.2) is 4.68 Å². The van der Waals surface area contributed by atoms with Gasteiger partial charge in [0.2, 0.25) is 0 Å². The number of nitrogens with zero attached hydrogens (tertiary/aromatic N) is 4. The third kappa shape index (κ3) is 5.50. The van der Waals surface area contributed by atoms with Crippen molar-refractivity contribution in [2.75, 3.05) is 18.5 Å². The van der Waals surface area contributed by atoms with Crippen molar-refractivity contribution in [3.8, 4) is 23.2 Å². The second kappa shape index (κ2) is 9.32. The Hall–Kier alpha value is -3.17. The van der Waals surface area contributed by atoms with Gasteiger partial charge in [-0.15, -0.1) is 5.10 Å². The van der Waals surface area contributed by atoms with Crippen LogP contribution < -0.4 is 5.32 Å². The molecule has 3 aromatic rings. The zero-order valence-corrected chi connectivity index (χ0v) is 18.4. The number of rotatable bonds is 6. The molecular weight excluding hydrogens is 386 g/mol. The molecule has 1 unspecified atom stereocenters. The van der Waals surface area contributed by atoms with E-state index in [1.54, 1.807) is 0 Å². The van der Waals surface area contributed by atoms with Crippen molar-refractivity contribution in [2.24, 2.45) is 5.41 Å². The molecule has 0 aliphatic carbocycles. The summed E-state index contributed by atoms with van der Waals surface area (Å²) in [6.45, 7) is 8.69. The molecule has 0 radical (unpaired) electrons. The Morgan fingerprint density at radius 1 is 1.26 bits per heavy atom. The number of hydrogen-bond donors (Lipinski definition) is 1. The number of benzene rings is 1. The average molecular weight is 416 g/mol. The molecule has 2 aromatic heterocycles. The summed E-state index contributed by atoms with van der Waals surface area (Å²) in [7, 11) is 0. The van der Waals surface area contributed by atoms with E-state index in [1.807, 2.05) is 47.4 Å². The lowest BCUT2D eigenvalue weighted by atomic mass is 9.91. The first-order valence-electron chi connectivity index (χ1n) is 10.8. The maximum Gasteiger partial charge on any atom is 0.131 e. The Balaban J connectivity index is 1.42. The van der Waals surface area contributed by atoms with Crippen LogP contribution in [-0.2, 0) is 17.7 Å². The minimum absolute atomic E-state index is 0.185. The normalized spacial score (nSPS) is 17.2. The van der Waals surface area contributed by atoms with Crippen LogP contribution in [0.4, 0.5) is 5.69 Å². The molecule has 31 heavy (non-hydrogen) atoms. The lowest BCUT2D eigenvalue weighted by molar-refractivity contribution is 0.0848. The first kappa shape index (κ1) is 21.1. The predicted octanol–water partition coefficient (Wildman–Crippen LogP) is 4.18. The standard InChI is InChI=1S/C25H29N5O/c1-4-20-13-19(9-8-12-26-21-10-6-5-7-11-21)15-27-24(20)23-17-30(29-28-23)16-22-14-25(2,3)18-31-22/h5-7,10-11,13,15,17,22,26H,4,12,14,16,18H2,1-3H3. The summed E-state index contributed by atoms with van der Waals surface area (Å²) in [6.07, 6.45) is 5.85. The monoisotopic (exact) mass is 415 g/mol. The van der Waals surface area contributed by atoms with Gasteiger partial charge >= 0.3 is 0 Å². The maximum atomic E-state index is 5.90.